The van der Waals surface area contributed by atoms with Gasteiger partial charge in [-0.15, -0.1) is 0 Å². The third-order valence-electron chi connectivity index (χ3n) is 5.23. The number of likely N-dealkylation sites (tertiary alicyclic amines) is 1. The Balaban J connectivity index is 1.34. The predicted molar refractivity (Wildman–Crippen MR) is 104 cm³/mol. The predicted octanol–water partition coefficient (Wildman–Crippen LogP) is 4.19. The summed E-state index contributed by atoms with van der Waals surface area (Å²) in [5, 5.41) is 11.0. The Labute approximate surface area is 176 Å². The van der Waals surface area contributed by atoms with Crippen molar-refractivity contribution in [2.75, 3.05) is 13.1 Å². The fourth-order valence-corrected chi connectivity index (χ4v) is 3.51. The van der Waals surface area contributed by atoms with Crippen LogP contribution in [0.2, 0.25) is 0 Å². The van der Waals surface area contributed by atoms with Crippen LogP contribution < -0.4 is 4.74 Å². The molecule has 1 aromatic carbocycles. The van der Waals surface area contributed by atoms with E-state index in [4.69, 9.17) is 9.26 Å². The fourth-order valence-electron chi connectivity index (χ4n) is 3.51. The average molecular weight is 434 g/mol. The molecule has 4 rings (SSSR count). The molecule has 1 aliphatic heterocycles. The number of aryl methyl sites for hydroxylation is 1. The number of benzene rings is 1. The maximum atomic E-state index is 12.8. The third kappa shape index (κ3) is 4.73. The summed E-state index contributed by atoms with van der Waals surface area (Å²) in [4.78, 5) is 14.3. The lowest BCUT2D eigenvalue weighted by Gasteiger charge is -2.13. The van der Waals surface area contributed by atoms with Crippen LogP contribution in [0.1, 0.15) is 52.5 Å². The van der Waals surface area contributed by atoms with Gasteiger partial charge in [0.25, 0.3) is 5.91 Å². The van der Waals surface area contributed by atoms with Crippen molar-refractivity contribution in [2.24, 2.45) is 0 Å². The Morgan fingerprint density at radius 3 is 2.90 bits per heavy atom. The first-order valence-electron chi connectivity index (χ1n) is 9.92. The van der Waals surface area contributed by atoms with Crippen molar-refractivity contribution in [1.29, 1.82) is 0 Å². The van der Waals surface area contributed by atoms with Crippen molar-refractivity contribution in [3.63, 3.8) is 0 Å². The monoisotopic (exact) mass is 434 g/mol. The van der Waals surface area contributed by atoms with Crippen molar-refractivity contribution in [3.05, 3.63) is 64.8 Å². The van der Waals surface area contributed by atoms with E-state index in [2.05, 4.69) is 15.4 Å². The molecule has 1 fully saturated rings. The van der Waals surface area contributed by atoms with Crippen molar-refractivity contribution >= 4 is 5.91 Å². The molecule has 1 saturated heterocycles. The second-order valence-electron chi connectivity index (χ2n) is 7.41. The highest BCUT2D eigenvalue weighted by molar-refractivity contribution is 5.91. The summed E-state index contributed by atoms with van der Waals surface area (Å²) in [6, 6.07) is 8.21. The standard InChI is InChI=1S/C21H21F3N4O3/c1-2-15-10-19(31-27-15)20(29)28-7-6-13(11-28)18-9-16(25-26-18)12-30-17-5-3-4-14(8-17)21(22,23)24/h3-5,8-10,13H,2,6-7,11-12H2,1H3,(H,25,26). The van der Waals surface area contributed by atoms with Crippen LogP contribution in [0.25, 0.3) is 0 Å². The van der Waals surface area contributed by atoms with E-state index in [1.165, 1.54) is 12.1 Å². The van der Waals surface area contributed by atoms with Crippen LogP contribution in [0.5, 0.6) is 5.75 Å². The van der Waals surface area contributed by atoms with Gasteiger partial charge in [0.15, 0.2) is 0 Å². The Kier molecular flexibility index (Phi) is 5.71. The van der Waals surface area contributed by atoms with Gasteiger partial charge < -0.3 is 14.2 Å². The zero-order chi connectivity index (χ0) is 22.0. The van der Waals surface area contributed by atoms with Gasteiger partial charge in [0.05, 0.1) is 22.6 Å². The molecular formula is C21H21F3N4O3. The Bertz CT molecular complexity index is 1060. The van der Waals surface area contributed by atoms with Gasteiger partial charge in [-0.2, -0.15) is 18.3 Å². The number of hydrogen-bond acceptors (Lipinski definition) is 5. The summed E-state index contributed by atoms with van der Waals surface area (Å²) >= 11 is 0. The Morgan fingerprint density at radius 2 is 2.16 bits per heavy atom. The van der Waals surface area contributed by atoms with E-state index in [-0.39, 0.29) is 29.9 Å². The van der Waals surface area contributed by atoms with Gasteiger partial charge in [0, 0.05) is 25.1 Å². The highest BCUT2D eigenvalue weighted by atomic mass is 19.4. The number of rotatable bonds is 6. The first-order chi connectivity index (χ1) is 14.8. The minimum absolute atomic E-state index is 0.0519. The van der Waals surface area contributed by atoms with Gasteiger partial charge in [0.2, 0.25) is 5.76 Å². The number of H-pyrrole nitrogens is 1. The number of aromatic nitrogens is 3. The topological polar surface area (TPSA) is 84.2 Å². The maximum Gasteiger partial charge on any atom is 0.416 e. The van der Waals surface area contributed by atoms with E-state index in [1.54, 1.807) is 11.0 Å². The molecule has 2 aromatic heterocycles. The number of alkyl halides is 3. The molecule has 1 amide bonds. The molecule has 3 heterocycles. The Hall–Kier alpha value is -3.30. The van der Waals surface area contributed by atoms with Gasteiger partial charge in [-0.05, 0) is 37.1 Å². The van der Waals surface area contributed by atoms with Crippen LogP contribution in [0.15, 0.2) is 40.9 Å². The molecule has 0 aliphatic carbocycles. The van der Waals surface area contributed by atoms with Crippen LogP contribution in [0, 0.1) is 0 Å². The largest absolute Gasteiger partial charge is 0.487 e. The number of aromatic amines is 1. The number of halogens is 3. The number of ether oxygens (including phenoxy) is 1. The van der Waals surface area contributed by atoms with Crippen LogP contribution in [0.4, 0.5) is 13.2 Å². The molecule has 10 heteroatoms. The molecule has 1 unspecified atom stereocenters. The molecule has 31 heavy (non-hydrogen) atoms. The minimum atomic E-state index is -4.42. The smallest absolute Gasteiger partial charge is 0.416 e. The number of carbonyl (C=O) groups excluding carboxylic acids is 1. The normalized spacial score (nSPS) is 16.6. The first-order valence-corrected chi connectivity index (χ1v) is 9.92. The molecule has 0 saturated carbocycles. The lowest BCUT2D eigenvalue weighted by atomic mass is 10.1. The first kappa shape index (κ1) is 21.0. The third-order valence-corrected chi connectivity index (χ3v) is 5.23. The molecule has 1 N–H and O–H groups in total. The highest BCUT2D eigenvalue weighted by Gasteiger charge is 2.32. The van der Waals surface area contributed by atoms with Gasteiger partial charge >= 0.3 is 6.18 Å². The molecule has 0 bridgehead atoms. The van der Waals surface area contributed by atoms with Crippen molar-refractivity contribution in [3.8, 4) is 5.75 Å². The quantitative estimate of drug-likeness (QED) is 0.629. The molecular weight excluding hydrogens is 413 g/mol. The van der Waals surface area contributed by atoms with Crippen LogP contribution in [0.3, 0.4) is 0 Å². The molecule has 164 valence electrons. The second-order valence-corrected chi connectivity index (χ2v) is 7.41. The molecule has 0 radical (unpaired) electrons. The zero-order valence-electron chi connectivity index (χ0n) is 16.8. The molecule has 0 spiro atoms. The fraction of sp³-hybridized carbons (Fsp3) is 0.381. The summed E-state index contributed by atoms with van der Waals surface area (Å²) in [6.45, 7) is 3.07. The van der Waals surface area contributed by atoms with Crippen molar-refractivity contribution in [1.82, 2.24) is 20.3 Å². The SMILES string of the molecule is CCc1cc(C(=O)N2CCC(c3cc(COc4cccc(C(F)(F)F)c4)[nH]n3)C2)on1. The van der Waals surface area contributed by atoms with E-state index in [9.17, 15) is 18.0 Å². The number of nitrogens with zero attached hydrogens (tertiary/aromatic N) is 3. The number of carbonyl (C=O) groups is 1. The van der Waals surface area contributed by atoms with Crippen molar-refractivity contribution < 1.29 is 27.2 Å². The molecule has 3 aromatic rings. The van der Waals surface area contributed by atoms with Crippen LogP contribution >= 0.6 is 0 Å². The lowest BCUT2D eigenvalue weighted by Crippen LogP contribution is -2.28. The lowest BCUT2D eigenvalue weighted by molar-refractivity contribution is -0.137. The van der Waals surface area contributed by atoms with Gasteiger partial charge in [-0.3, -0.25) is 9.89 Å². The number of amides is 1. The van der Waals surface area contributed by atoms with Crippen LogP contribution in [-0.4, -0.2) is 39.3 Å². The van der Waals surface area contributed by atoms with E-state index in [1.807, 2.05) is 13.0 Å². The maximum absolute atomic E-state index is 12.8. The summed E-state index contributed by atoms with van der Waals surface area (Å²) in [5.41, 5.74) is 1.39. The van der Waals surface area contributed by atoms with Gasteiger partial charge in [0.1, 0.15) is 12.4 Å². The number of hydrogen-bond donors (Lipinski definition) is 1. The molecule has 7 nitrogen and oxygen atoms in total. The highest BCUT2D eigenvalue weighted by Crippen LogP contribution is 2.32. The van der Waals surface area contributed by atoms with Crippen LogP contribution in [-0.2, 0) is 19.2 Å². The van der Waals surface area contributed by atoms with Gasteiger partial charge in [-0.1, -0.05) is 18.1 Å². The second kappa shape index (κ2) is 8.44. The van der Waals surface area contributed by atoms with E-state index in [0.29, 0.717) is 25.2 Å². The molecule has 1 aliphatic rings. The van der Waals surface area contributed by atoms with E-state index in [0.717, 1.165) is 29.9 Å². The summed E-state index contributed by atoms with van der Waals surface area (Å²) in [5.74, 6) is 0.214. The Morgan fingerprint density at radius 1 is 1.32 bits per heavy atom. The summed E-state index contributed by atoms with van der Waals surface area (Å²) in [6.07, 6.45) is -2.98. The average Bonchev–Trinajstić information content (AvgIpc) is 3.51. The van der Waals surface area contributed by atoms with Crippen molar-refractivity contribution in [2.45, 2.75) is 38.5 Å². The van der Waals surface area contributed by atoms with Gasteiger partial charge in [-0.25, -0.2) is 0 Å². The summed E-state index contributed by atoms with van der Waals surface area (Å²) < 4.78 is 49.0. The van der Waals surface area contributed by atoms with E-state index >= 15 is 0 Å². The van der Waals surface area contributed by atoms with E-state index < -0.39 is 11.7 Å². The summed E-state index contributed by atoms with van der Waals surface area (Å²) in [7, 11) is 0. The minimum Gasteiger partial charge on any atom is -0.487 e. The number of nitrogens with one attached hydrogen (secondary N) is 1. The molecule has 1 atom stereocenters. The zero-order valence-corrected chi connectivity index (χ0v) is 16.8.